The Morgan fingerprint density at radius 1 is 0.929 bits per heavy atom. The van der Waals surface area contributed by atoms with Gasteiger partial charge in [-0.05, 0) is 75.2 Å². The van der Waals surface area contributed by atoms with Crippen LogP contribution in [0, 0.1) is 35.3 Å². The highest BCUT2D eigenvalue weighted by atomic mass is 32.1. The summed E-state index contributed by atoms with van der Waals surface area (Å²) in [5.74, 6) is 1.30. The molecule has 1 nitrogen and oxygen atoms in total. The van der Waals surface area contributed by atoms with Gasteiger partial charge in [-0.25, -0.2) is 4.39 Å². The maximum Gasteiger partial charge on any atom is 0.200 e. The lowest BCUT2D eigenvalue weighted by molar-refractivity contribution is 0.142. The first-order valence-electron chi connectivity index (χ1n) is 11.3. The Labute approximate surface area is 175 Å². The maximum absolute atomic E-state index is 14.6. The molecule has 1 aromatic carbocycles. The summed E-state index contributed by atoms with van der Waals surface area (Å²) in [6.45, 7) is 4.38. The van der Waals surface area contributed by atoms with Gasteiger partial charge in [0.05, 0.1) is 6.61 Å². The first-order chi connectivity index (χ1) is 13.5. The molecule has 0 aromatic heterocycles. The molecule has 0 bridgehead atoms. The topological polar surface area (TPSA) is 9.23 Å². The van der Waals surface area contributed by atoms with Crippen LogP contribution in [0.2, 0.25) is 0 Å². The quantitative estimate of drug-likeness (QED) is 0.452. The number of rotatable bonds is 7. The zero-order valence-corrected chi connectivity index (χ0v) is 18.3. The summed E-state index contributed by atoms with van der Waals surface area (Å²) in [4.78, 5) is 0. The normalized spacial score (nSPS) is 29.5. The van der Waals surface area contributed by atoms with Gasteiger partial charge in [-0.15, -0.1) is 0 Å². The van der Waals surface area contributed by atoms with Crippen molar-refractivity contribution in [2.45, 2.75) is 83.3 Å². The zero-order valence-electron chi connectivity index (χ0n) is 17.4. The first kappa shape index (κ1) is 21.9. The second kappa shape index (κ2) is 10.3. The third-order valence-electron chi connectivity index (χ3n) is 7.21. The number of ether oxygens (including phenoxy) is 1. The zero-order chi connectivity index (χ0) is 20.1. The highest BCUT2D eigenvalue weighted by Gasteiger charge is 2.34. The van der Waals surface area contributed by atoms with Crippen LogP contribution in [0.4, 0.5) is 8.78 Å². The largest absolute Gasteiger partial charge is 0.491 e. The fraction of sp³-hybridized carbons (Fsp3) is 0.750. The SMILES string of the molecule is CCCC1CCC(C2CCC(C(S)c3ccc(OCC)c(F)c3F)CC2)CC1. The van der Waals surface area contributed by atoms with E-state index in [4.69, 9.17) is 17.4 Å². The third-order valence-corrected chi connectivity index (χ3v) is 7.91. The minimum absolute atomic E-state index is 0.00772. The molecule has 158 valence electrons. The lowest BCUT2D eigenvalue weighted by Gasteiger charge is -2.39. The van der Waals surface area contributed by atoms with Gasteiger partial charge in [0.1, 0.15) is 0 Å². The summed E-state index contributed by atoms with van der Waals surface area (Å²) in [7, 11) is 0. The van der Waals surface area contributed by atoms with Gasteiger partial charge in [0, 0.05) is 10.8 Å². The highest BCUT2D eigenvalue weighted by molar-refractivity contribution is 7.80. The fourth-order valence-electron chi connectivity index (χ4n) is 5.58. The summed E-state index contributed by atoms with van der Waals surface area (Å²) < 4.78 is 33.9. The minimum Gasteiger partial charge on any atom is -0.491 e. The summed E-state index contributed by atoms with van der Waals surface area (Å²) in [6, 6.07) is 3.20. The van der Waals surface area contributed by atoms with Crippen molar-refractivity contribution in [2.24, 2.45) is 23.7 Å². The van der Waals surface area contributed by atoms with E-state index in [1.807, 2.05) is 0 Å². The number of hydrogen-bond donors (Lipinski definition) is 1. The summed E-state index contributed by atoms with van der Waals surface area (Å²) >= 11 is 4.71. The molecule has 3 rings (SSSR count). The molecule has 2 aliphatic rings. The average molecular weight is 411 g/mol. The molecule has 0 saturated heterocycles. The molecule has 2 fully saturated rings. The standard InChI is InChI=1S/C24H36F2OS/c1-3-5-16-6-8-17(9-7-16)18-10-12-19(13-11-18)24(28)20-14-15-21(27-4-2)23(26)22(20)25/h14-19,24,28H,3-13H2,1-2H3. The minimum atomic E-state index is -0.879. The molecule has 1 unspecified atom stereocenters. The molecule has 0 N–H and O–H groups in total. The summed E-state index contributed by atoms with van der Waals surface area (Å²) in [5.41, 5.74) is 0.382. The van der Waals surface area contributed by atoms with E-state index in [2.05, 4.69) is 6.92 Å². The average Bonchev–Trinajstić information content (AvgIpc) is 2.72. The second-order valence-corrected chi connectivity index (χ2v) is 9.46. The van der Waals surface area contributed by atoms with Gasteiger partial charge < -0.3 is 4.74 Å². The van der Waals surface area contributed by atoms with Gasteiger partial charge in [-0.3, -0.25) is 0 Å². The lowest BCUT2D eigenvalue weighted by Crippen LogP contribution is -2.27. The van der Waals surface area contributed by atoms with Crippen LogP contribution < -0.4 is 4.74 Å². The van der Waals surface area contributed by atoms with Crippen LogP contribution in [-0.4, -0.2) is 6.61 Å². The van der Waals surface area contributed by atoms with E-state index in [-0.39, 0.29) is 11.0 Å². The van der Waals surface area contributed by atoms with Crippen LogP contribution in [0.1, 0.15) is 88.9 Å². The monoisotopic (exact) mass is 410 g/mol. The number of benzene rings is 1. The van der Waals surface area contributed by atoms with Crippen LogP contribution in [-0.2, 0) is 0 Å². The van der Waals surface area contributed by atoms with Gasteiger partial charge >= 0.3 is 0 Å². The molecule has 0 spiro atoms. The van der Waals surface area contributed by atoms with Gasteiger partial charge in [0.15, 0.2) is 11.6 Å². The van der Waals surface area contributed by atoms with Crippen LogP contribution in [0.5, 0.6) is 5.75 Å². The Kier molecular flexibility index (Phi) is 8.08. The van der Waals surface area contributed by atoms with Gasteiger partial charge in [-0.1, -0.05) is 38.7 Å². The van der Waals surface area contributed by atoms with Crippen LogP contribution in [0.25, 0.3) is 0 Å². The van der Waals surface area contributed by atoms with Crippen LogP contribution in [0.3, 0.4) is 0 Å². The Morgan fingerprint density at radius 2 is 1.54 bits per heavy atom. The van der Waals surface area contributed by atoms with Crippen molar-refractivity contribution in [1.82, 2.24) is 0 Å². The first-order valence-corrected chi connectivity index (χ1v) is 11.8. The Bertz CT molecular complexity index is 619. The number of halogens is 2. The van der Waals surface area contributed by atoms with Crippen molar-refractivity contribution in [2.75, 3.05) is 6.61 Å². The fourth-order valence-corrected chi connectivity index (χ4v) is 6.08. The van der Waals surface area contributed by atoms with Crippen molar-refractivity contribution in [3.63, 3.8) is 0 Å². The van der Waals surface area contributed by atoms with Gasteiger partial charge in [-0.2, -0.15) is 17.0 Å². The molecule has 0 radical (unpaired) electrons. The van der Waals surface area contributed by atoms with Crippen molar-refractivity contribution in [3.8, 4) is 5.75 Å². The molecular formula is C24H36F2OS. The Hall–Kier alpha value is -0.770. The van der Waals surface area contributed by atoms with E-state index in [9.17, 15) is 8.78 Å². The predicted molar refractivity (Wildman–Crippen MR) is 115 cm³/mol. The lowest BCUT2D eigenvalue weighted by atomic mass is 9.68. The van der Waals surface area contributed by atoms with Crippen molar-refractivity contribution in [1.29, 1.82) is 0 Å². The number of hydrogen-bond acceptors (Lipinski definition) is 2. The van der Waals surface area contributed by atoms with Gasteiger partial charge in [0.2, 0.25) is 5.82 Å². The molecular weight excluding hydrogens is 374 g/mol. The van der Waals surface area contributed by atoms with Gasteiger partial charge in [0.25, 0.3) is 0 Å². The van der Waals surface area contributed by atoms with E-state index in [1.54, 1.807) is 19.1 Å². The van der Waals surface area contributed by atoms with Crippen LogP contribution in [0.15, 0.2) is 12.1 Å². The van der Waals surface area contributed by atoms with Crippen molar-refractivity contribution in [3.05, 3.63) is 29.3 Å². The van der Waals surface area contributed by atoms with E-state index in [1.165, 1.54) is 51.4 Å². The number of thiol groups is 1. The van der Waals surface area contributed by atoms with E-state index in [0.717, 1.165) is 30.6 Å². The Morgan fingerprint density at radius 3 is 2.11 bits per heavy atom. The predicted octanol–water partition coefficient (Wildman–Crippen LogP) is 7.75. The van der Waals surface area contributed by atoms with E-state index in [0.29, 0.717) is 18.1 Å². The molecule has 2 saturated carbocycles. The summed E-state index contributed by atoms with van der Waals surface area (Å²) in [6.07, 6.45) is 12.9. The van der Waals surface area contributed by atoms with Crippen molar-refractivity contribution >= 4 is 12.6 Å². The molecule has 28 heavy (non-hydrogen) atoms. The van der Waals surface area contributed by atoms with E-state index < -0.39 is 11.6 Å². The molecule has 0 aliphatic heterocycles. The summed E-state index contributed by atoms with van der Waals surface area (Å²) in [5, 5.41) is -0.244. The molecule has 2 aliphatic carbocycles. The van der Waals surface area contributed by atoms with Crippen molar-refractivity contribution < 1.29 is 13.5 Å². The molecule has 1 atom stereocenters. The smallest absolute Gasteiger partial charge is 0.200 e. The van der Waals surface area contributed by atoms with Crippen LogP contribution >= 0.6 is 12.6 Å². The second-order valence-electron chi connectivity index (χ2n) is 8.90. The molecule has 0 heterocycles. The Balaban J connectivity index is 1.54. The maximum atomic E-state index is 14.6. The molecule has 4 heteroatoms. The molecule has 1 aromatic rings. The highest BCUT2D eigenvalue weighted by Crippen LogP contribution is 2.46. The van der Waals surface area contributed by atoms with E-state index >= 15 is 0 Å². The third kappa shape index (κ3) is 5.04. The molecule has 0 amide bonds.